The molecule has 1 saturated heterocycles. The molecule has 134 valence electrons. The molecule has 0 aromatic rings. The van der Waals surface area contributed by atoms with E-state index in [9.17, 15) is 24.0 Å². The summed E-state index contributed by atoms with van der Waals surface area (Å²) in [6.07, 6.45) is 0.513. The lowest BCUT2D eigenvalue weighted by molar-refractivity contribution is -0.145. The zero-order chi connectivity index (χ0) is 18.7. The molecule has 9 heteroatoms. The maximum absolute atomic E-state index is 12.1. The summed E-state index contributed by atoms with van der Waals surface area (Å²) in [4.78, 5) is 62.1. The molecule has 1 fully saturated rings. The number of hydrogen-bond donors (Lipinski definition) is 1. The second-order valence-corrected chi connectivity index (χ2v) is 6.68. The lowest BCUT2D eigenvalue weighted by atomic mass is 10.1. The van der Waals surface area contributed by atoms with Crippen LogP contribution in [0.1, 0.15) is 34.1 Å². The molecule has 0 bridgehead atoms. The van der Waals surface area contributed by atoms with Gasteiger partial charge in [-0.15, -0.1) is 0 Å². The van der Waals surface area contributed by atoms with E-state index in [1.54, 1.807) is 6.92 Å². The van der Waals surface area contributed by atoms with Gasteiger partial charge in [-0.2, -0.15) is 0 Å². The number of imide groups is 2. The predicted octanol–water partition coefficient (Wildman–Crippen LogP) is -0.440. The number of likely N-dealkylation sites (N-methyl/N-ethyl adjacent to an activating group) is 1. The van der Waals surface area contributed by atoms with E-state index in [4.69, 9.17) is 0 Å². The fraction of sp³-hybridized carbons (Fsp3) is 0.667. The van der Waals surface area contributed by atoms with E-state index in [1.807, 2.05) is 20.8 Å². The van der Waals surface area contributed by atoms with Gasteiger partial charge in [-0.25, -0.2) is 9.69 Å². The first-order chi connectivity index (χ1) is 11.0. The third-order valence-corrected chi connectivity index (χ3v) is 3.20. The van der Waals surface area contributed by atoms with Crippen molar-refractivity contribution in [3.8, 4) is 0 Å². The SMILES string of the molecule is CCCN1C(=O)C(=O)N(CC(=O)N(C)CC(=O)NC(C)(C)C)C1=O. The van der Waals surface area contributed by atoms with Crippen molar-refractivity contribution in [2.75, 3.05) is 26.7 Å². The Morgan fingerprint density at radius 3 is 2.12 bits per heavy atom. The van der Waals surface area contributed by atoms with Gasteiger partial charge in [0.05, 0.1) is 6.54 Å². The maximum atomic E-state index is 12.1. The van der Waals surface area contributed by atoms with E-state index in [-0.39, 0.29) is 19.0 Å². The molecular formula is C15H24N4O5. The smallest absolute Gasteiger partial charge is 0.334 e. The molecule has 0 aromatic carbocycles. The molecule has 6 amide bonds. The highest BCUT2D eigenvalue weighted by Crippen LogP contribution is 2.12. The summed E-state index contributed by atoms with van der Waals surface area (Å²) in [5.74, 6) is -2.91. The molecule has 9 nitrogen and oxygen atoms in total. The predicted molar refractivity (Wildman–Crippen MR) is 84.6 cm³/mol. The Bertz CT molecular complexity index is 567. The Hall–Kier alpha value is -2.45. The van der Waals surface area contributed by atoms with Crippen LogP contribution in [0.3, 0.4) is 0 Å². The van der Waals surface area contributed by atoms with Crippen LogP contribution in [-0.2, 0) is 19.2 Å². The van der Waals surface area contributed by atoms with Crippen LogP contribution in [0.5, 0.6) is 0 Å². The number of hydrogen-bond acceptors (Lipinski definition) is 5. The fourth-order valence-corrected chi connectivity index (χ4v) is 2.13. The quantitative estimate of drug-likeness (QED) is 0.521. The van der Waals surface area contributed by atoms with Crippen molar-refractivity contribution in [2.45, 2.75) is 39.7 Å². The Labute approximate surface area is 140 Å². The van der Waals surface area contributed by atoms with E-state index < -0.39 is 35.8 Å². The average molecular weight is 340 g/mol. The molecule has 1 aliphatic rings. The molecule has 1 rings (SSSR count). The van der Waals surface area contributed by atoms with Gasteiger partial charge >= 0.3 is 17.8 Å². The molecule has 1 aliphatic heterocycles. The van der Waals surface area contributed by atoms with Crippen LogP contribution in [0.15, 0.2) is 0 Å². The van der Waals surface area contributed by atoms with Gasteiger partial charge in [0.2, 0.25) is 11.8 Å². The first-order valence-electron chi connectivity index (χ1n) is 7.70. The zero-order valence-electron chi connectivity index (χ0n) is 14.7. The lowest BCUT2D eigenvalue weighted by Crippen LogP contribution is -2.48. The Morgan fingerprint density at radius 2 is 1.62 bits per heavy atom. The van der Waals surface area contributed by atoms with E-state index in [0.29, 0.717) is 11.3 Å². The molecule has 0 aromatic heterocycles. The minimum atomic E-state index is -1.02. The van der Waals surface area contributed by atoms with E-state index in [1.165, 1.54) is 7.05 Å². The molecule has 0 spiro atoms. The third kappa shape index (κ3) is 4.77. The van der Waals surface area contributed by atoms with Crippen molar-refractivity contribution in [3.05, 3.63) is 0 Å². The number of nitrogens with one attached hydrogen (secondary N) is 1. The topological polar surface area (TPSA) is 107 Å². The Kier molecular flexibility index (Phi) is 6.05. The highest BCUT2D eigenvalue weighted by atomic mass is 16.2. The van der Waals surface area contributed by atoms with Crippen LogP contribution in [0.25, 0.3) is 0 Å². The van der Waals surface area contributed by atoms with Gasteiger partial charge in [0.25, 0.3) is 0 Å². The summed E-state index contributed by atoms with van der Waals surface area (Å²) < 4.78 is 0. The highest BCUT2D eigenvalue weighted by molar-refractivity contribution is 6.45. The molecule has 1 heterocycles. The van der Waals surface area contributed by atoms with Gasteiger partial charge in [-0.05, 0) is 27.2 Å². The van der Waals surface area contributed by atoms with Gasteiger partial charge in [-0.3, -0.25) is 24.1 Å². The minimum absolute atomic E-state index is 0.123. The van der Waals surface area contributed by atoms with E-state index in [0.717, 1.165) is 9.80 Å². The second-order valence-electron chi connectivity index (χ2n) is 6.68. The Morgan fingerprint density at radius 1 is 1.08 bits per heavy atom. The summed E-state index contributed by atoms with van der Waals surface area (Å²) in [5.41, 5.74) is -0.436. The highest BCUT2D eigenvalue weighted by Gasteiger charge is 2.44. The lowest BCUT2D eigenvalue weighted by Gasteiger charge is -2.24. The molecule has 0 radical (unpaired) electrons. The van der Waals surface area contributed by atoms with Crippen LogP contribution in [-0.4, -0.2) is 76.6 Å². The van der Waals surface area contributed by atoms with Gasteiger partial charge in [0.15, 0.2) is 0 Å². The van der Waals surface area contributed by atoms with Crippen LogP contribution in [0.4, 0.5) is 4.79 Å². The monoisotopic (exact) mass is 340 g/mol. The Balaban J connectivity index is 2.67. The van der Waals surface area contributed by atoms with Crippen molar-refractivity contribution in [1.29, 1.82) is 0 Å². The summed E-state index contributed by atoms with van der Waals surface area (Å²) in [6, 6.07) is -0.798. The molecule has 0 aliphatic carbocycles. The van der Waals surface area contributed by atoms with Crippen molar-refractivity contribution >= 4 is 29.7 Å². The minimum Gasteiger partial charge on any atom is -0.350 e. The van der Waals surface area contributed by atoms with Gasteiger partial charge in [0.1, 0.15) is 6.54 Å². The number of carbonyl (C=O) groups excluding carboxylic acids is 5. The van der Waals surface area contributed by atoms with Crippen molar-refractivity contribution in [3.63, 3.8) is 0 Å². The number of amides is 6. The van der Waals surface area contributed by atoms with Gasteiger partial charge < -0.3 is 10.2 Å². The largest absolute Gasteiger partial charge is 0.350 e. The summed E-state index contributed by atoms with van der Waals surface area (Å²) >= 11 is 0. The van der Waals surface area contributed by atoms with Crippen molar-refractivity contribution in [2.24, 2.45) is 0 Å². The molecule has 0 atom stereocenters. The third-order valence-electron chi connectivity index (χ3n) is 3.20. The van der Waals surface area contributed by atoms with Crippen molar-refractivity contribution in [1.82, 2.24) is 20.0 Å². The van der Waals surface area contributed by atoms with E-state index in [2.05, 4.69) is 5.32 Å². The normalized spacial score (nSPS) is 15.1. The van der Waals surface area contributed by atoms with Crippen LogP contribution in [0, 0.1) is 0 Å². The standard InChI is InChI=1S/C15H24N4O5/c1-6-7-18-12(22)13(23)19(14(18)24)9-11(21)17(5)8-10(20)16-15(2,3)4/h6-9H2,1-5H3,(H,16,20). The van der Waals surface area contributed by atoms with Crippen LogP contribution in [0.2, 0.25) is 0 Å². The first-order valence-corrected chi connectivity index (χ1v) is 7.70. The van der Waals surface area contributed by atoms with Crippen LogP contribution < -0.4 is 5.32 Å². The molecule has 0 saturated carbocycles. The average Bonchev–Trinajstić information content (AvgIpc) is 2.63. The molecule has 0 unspecified atom stereocenters. The zero-order valence-corrected chi connectivity index (χ0v) is 14.7. The number of nitrogens with zero attached hydrogens (tertiary/aromatic N) is 3. The number of urea groups is 1. The first kappa shape index (κ1) is 19.6. The molecule has 24 heavy (non-hydrogen) atoms. The maximum Gasteiger partial charge on any atom is 0.334 e. The second kappa shape index (κ2) is 7.41. The number of rotatable bonds is 6. The summed E-state index contributed by atoms with van der Waals surface area (Å²) in [5, 5.41) is 2.70. The number of carbonyl (C=O) groups is 5. The molecule has 1 N–H and O–H groups in total. The summed E-state index contributed by atoms with van der Waals surface area (Å²) in [7, 11) is 1.39. The summed E-state index contributed by atoms with van der Waals surface area (Å²) in [6.45, 7) is 6.53. The fourth-order valence-electron chi connectivity index (χ4n) is 2.13. The van der Waals surface area contributed by atoms with E-state index >= 15 is 0 Å². The molecular weight excluding hydrogens is 316 g/mol. The van der Waals surface area contributed by atoms with Gasteiger partial charge in [-0.1, -0.05) is 6.92 Å². The van der Waals surface area contributed by atoms with Gasteiger partial charge in [0, 0.05) is 19.1 Å². The van der Waals surface area contributed by atoms with Crippen molar-refractivity contribution < 1.29 is 24.0 Å². The van der Waals surface area contributed by atoms with Crippen LogP contribution >= 0.6 is 0 Å².